The molecule has 4 N–H and O–H groups in total. The average Bonchev–Trinajstić information content (AvgIpc) is 2.46. The van der Waals surface area contributed by atoms with Gasteiger partial charge >= 0.3 is 6.16 Å². The Bertz CT molecular complexity index is 220. The van der Waals surface area contributed by atoms with E-state index in [0.29, 0.717) is 51.4 Å². The highest BCUT2D eigenvalue weighted by Crippen LogP contribution is 2.31. The van der Waals surface area contributed by atoms with Crippen LogP contribution in [0.2, 0.25) is 0 Å². The van der Waals surface area contributed by atoms with E-state index in [0.717, 1.165) is 25.7 Å². The zero-order valence-electron chi connectivity index (χ0n) is 11.5. The molecule has 2 fully saturated rings. The first-order valence-corrected chi connectivity index (χ1v) is 7.24. The van der Waals surface area contributed by atoms with E-state index in [1.807, 2.05) is 0 Å². The van der Waals surface area contributed by atoms with Crippen molar-refractivity contribution in [2.45, 2.75) is 31.8 Å². The molecule has 2 aliphatic rings. The quantitative estimate of drug-likeness (QED) is 0.729. The fourth-order valence-electron chi connectivity index (χ4n) is 2.37. The minimum atomic E-state index is -1.25. The maximum atomic E-state index is 5.64. The predicted molar refractivity (Wildman–Crippen MR) is 70.1 cm³/mol. The molecule has 6 nitrogen and oxygen atoms in total. The third-order valence-corrected chi connectivity index (χ3v) is 3.62. The summed E-state index contributed by atoms with van der Waals surface area (Å²) in [7, 11) is 0. The fraction of sp³-hybridized carbons (Fsp3) is 1.00. The fourth-order valence-corrected chi connectivity index (χ4v) is 2.37. The molecule has 0 aromatic heterocycles. The van der Waals surface area contributed by atoms with E-state index in [-0.39, 0.29) is 0 Å². The Morgan fingerprint density at radius 2 is 1.11 bits per heavy atom. The Morgan fingerprint density at radius 3 is 1.42 bits per heavy atom. The number of hydrogen-bond donors (Lipinski definition) is 2. The highest BCUT2D eigenvalue weighted by Gasteiger charge is 2.44. The summed E-state index contributed by atoms with van der Waals surface area (Å²) in [5.41, 5.74) is 11.0. The van der Waals surface area contributed by atoms with Crippen LogP contribution < -0.4 is 11.5 Å². The van der Waals surface area contributed by atoms with E-state index in [4.69, 9.17) is 30.4 Å². The standard InChI is InChI=1S/C13H26N2O4/c14-5-1-3-11-7-16-13(17-8-11)18-9-12(10-19-13)4-2-6-15/h11-12H,1-10,14-15H2. The SMILES string of the molecule is NCCCC1COC2(OC1)OCC(CCCN)CO2. The van der Waals surface area contributed by atoms with Crippen molar-refractivity contribution in [3.63, 3.8) is 0 Å². The summed E-state index contributed by atoms with van der Waals surface area (Å²) < 4.78 is 22.5. The van der Waals surface area contributed by atoms with Crippen LogP contribution in [0.4, 0.5) is 0 Å². The third kappa shape index (κ3) is 4.37. The molecule has 2 rings (SSSR count). The van der Waals surface area contributed by atoms with Crippen LogP contribution in [0.5, 0.6) is 0 Å². The van der Waals surface area contributed by atoms with Crippen molar-refractivity contribution in [1.29, 1.82) is 0 Å². The van der Waals surface area contributed by atoms with E-state index in [2.05, 4.69) is 0 Å². The van der Waals surface area contributed by atoms with Gasteiger partial charge in [-0.25, -0.2) is 0 Å². The van der Waals surface area contributed by atoms with E-state index in [1.165, 1.54) is 0 Å². The van der Waals surface area contributed by atoms with Gasteiger partial charge in [-0.05, 0) is 38.8 Å². The molecule has 0 radical (unpaired) electrons. The first-order valence-electron chi connectivity index (χ1n) is 7.24. The molecule has 6 heteroatoms. The van der Waals surface area contributed by atoms with Gasteiger partial charge in [-0.3, -0.25) is 0 Å². The second-order valence-corrected chi connectivity index (χ2v) is 5.34. The van der Waals surface area contributed by atoms with Gasteiger partial charge in [0.1, 0.15) is 0 Å². The van der Waals surface area contributed by atoms with Crippen LogP contribution in [0.25, 0.3) is 0 Å². The van der Waals surface area contributed by atoms with Crippen LogP contribution in [-0.2, 0) is 18.9 Å². The topological polar surface area (TPSA) is 89.0 Å². The molecular weight excluding hydrogens is 248 g/mol. The Kier molecular flexibility index (Phi) is 6.00. The van der Waals surface area contributed by atoms with Gasteiger partial charge < -0.3 is 30.4 Å². The summed E-state index contributed by atoms with van der Waals surface area (Å²) in [6.07, 6.45) is 2.77. The molecule has 0 amide bonds. The molecule has 0 aliphatic carbocycles. The van der Waals surface area contributed by atoms with Gasteiger partial charge in [0.2, 0.25) is 0 Å². The summed E-state index contributed by atoms with van der Waals surface area (Å²) in [6.45, 7) is 3.83. The molecule has 2 saturated heterocycles. The van der Waals surface area contributed by atoms with Crippen LogP contribution in [-0.4, -0.2) is 45.7 Å². The molecule has 19 heavy (non-hydrogen) atoms. The highest BCUT2D eigenvalue weighted by atomic mass is 17.0. The molecule has 2 heterocycles. The molecule has 0 bridgehead atoms. The Morgan fingerprint density at radius 1 is 0.737 bits per heavy atom. The zero-order valence-corrected chi connectivity index (χ0v) is 11.5. The molecular formula is C13H26N2O4. The van der Waals surface area contributed by atoms with E-state index in [1.54, 1.807) is 0 Å². The van der Waals surface area contributed by atoms with Crippen LogP contribution in [0.15, 0.2) is 0 Å². The van der Waals surface area contributed by atoms with Gasteiger partial charge in [-0.2, -0.15) is 0 Å². The molecule has 0 saturated carbocycles. The lowest BCUT2D eigenvalue weighted by Crippen LogP contribution is -2.53. The van der Waals surface area contributed by atoms with Crippen molar-refractivity contribution in [2.24, 2.45) is 23.3 Å². The lowest BCUT2D eigenvalue weighted by Gasteiger charge is -2.42. The van der Waals surface area contributed by atoms with Crippen LogP contribution >= 0.6 is 0 Å². The number of hydrogen-bond acceptors (Lipinski definition) is 6. The molecule has 0 atom stereocenters. The normalized spacial score (nSPS) is 35.7. The summed E-state index contributed by atoms with van der Waals surface area (Å²) in [4.78, 5) is 0. The molecule has 0 aromatic carbocycles. The van der Waals surface area contributed by atoms with Crippen molar-refractivity contribution in [3.05, 3.63) is 0 Å². The third-order valence-electron chi connectivity index (χ3n) is 3.62. The Labute approximate surface area is 114 Å². The minimum absolute atomic E-state index is 0.385. The molecule has 0 unspecified atom stereocenters. The first kappa shape index (κ1) is 15.2. The van der Waals surface area contributed by atoms with E-state index >= 15 is 0 Å². The summed E-state index contributed by atoms with van der Waals surface area (Å²) in [6, 6.07) is 0. The van der Waals surface area contributed by atoms with Gasteiger partial charge in [0, 0.05) is 11.8 Å². The highest BCUT2D eigenvalue weighted by molar-refractivity contribution is 4.69. The van der Waals surface area contributed by atoms with Crippen LogP contribution in [0.3, 0.4) is 0 Å². The first-order chi connectivity index (χ1) is 9.28. The lowest BCUT2D eigenvalue weighted by molar-refractivity contribution is -0.535. The van der Waals surface area contributed by atoms with Crippen LogP contribution in [0, 0.1) is 11.8 Å². The number of ether oxygens (including phenoxy) is 4. The molecule has 2 aliphatic heterocycles. The van der Waals surface area contributed by atoms with Gasteiger partial charge in [0.15, 0.2) is 0 Å². The van der Waals surface area contributed by atoms with E-state index in [9.17, 15) is 0 Å². The van der Waals surface area contributed by atoms with Crippen molar-refractivity contribution in [3.8, 4) is 0 Å². The van der Waals surface area contributed by atoms with E-state index < -0.39 is 6.16 Å². The van der Waals surface area contributed by atoms with Crippen molar-refractivity contribution >= 4 is 0 Å². The molecule has 1 spiro atoms. The zero-order chi connectivity index (χ0) is 13.6. The maximum Gasteiger partial charge on any atom is 0.412 e. The molecule has 112 valence electrons. The summed E-state index contributed by atoms with van der Waals surface area (Å²) >= 11 is 0. The van der Waals surface area contributed by atoms with Gasteiger partial charge in [-0.1, -0.05) is 0 Å². The van der Waals surface area contributed by atoms with Crippen molar-refractivity contribution in [1.82, 2.24) is 0 Å². The van der Waals surface area contributed by atoms with Crippen molar-refractivity contribution in [2.75, 3.05) is 39.5 Å². The average molecular weight is 274 g/mol. The van der Waals surface area contributed by atoms with Crippen LogP contribution in [0.1, 0.15) is 25.7 Å². The van der Waals surface area contributed by atoms with Gasteiger partial charge in [0.05, 0.1) is 26.4 Å². The monoisotopic (exact) mass is 274 g/mol. The van der Waals surface area contributed by atoms with Gasteiger partial charge in [0.25, 0.3) is 0 Å². The number of nitrogens with two attached hydrogens (primary N) is 2. The maximum absolute atomic E-state index is 5.64. The summed E-state index contributed by atoms with van der Waals surface area (Å²) in [5.74, 6) is 0.771. The second-order valence-electron chi connectivity index (χ2n) is 5.34. The predicted octanol–water partition coefficient (Wildman–Crippen LogP) is 0.402. The summed E-state index contributed by atoms with van der Waals surface area (Å²) in [5, 5.41) is 0. The minimum Gasteiger partial charge on any atom is -0.330 e. The Balaban J connectivity index is 1.69. The molecule has 0 aromatic rings. The number of rotatable bonds is 6. The second kappa shape index (κ2) is 7.52. The van der Waals surface area contributed by atoms with Gasteiger partial charge in [-0.15, -0.1) is 0 Å². The smallest absolute Gasteiger partial charge is 0.330 e. The van der Waals surface area contributed by atoms with Crippen molar-refractivity contribution < 1.29 is 18.9 Å². The largest absolute Gasteiger partial charge is 0.412 e. The Hall–Kier alpha value is -0.240. The lowest BCUT2D eigenvalue weighted by atomic mass is 10.0.